The van der Waals surface area contributed by atoms with Gasteiger partial charge in [0.15, 0.2) is 0 Å². The van der Waals surface area contributed by atoms with Crippen molar-refractivity contribution in [1.82, 2.24) is 4.90 Å². The first kappa shape index (κ1) is 26.8. The molecule has 1 amide bonds. The summed E-state index contributed by atoms with van der Waals surface area (Å²) in [7, 11) is 1.30. The third-order valence-corrected chi connectivity index (χ3v) is 5.10. The van der Waals surface area contributed by atoms with Gasteiger partial charge in [-0.3, -0.25) is 0 Å². The maximum Gasteiger partial charge on any atom is 0.410 e. The second-order valence-corrected chi connectivity index (χ2v) is 8.75. The van der Waals surface area contributed by atoms with Crippen molar-refractivity contribution in [3.8, 4) is 18.1 Å². The van der Waals surface area contributed by atoms with Gasteiger partial charge in [-0.25, -0.2) is 9.59 Å². The van der Waals surface area contributed by atoms with Crippen LogP contribution in [-0.2, 0) is 14.2 Å². The fourth-order valence-electron chi connectivity index (χ4n) is 3.63. The molecule has 1 fully saturated rings. The molecule has 0 N–H and O–H groups in total. The second kappa shape index (κ2) is 12.7. The van der Waals surface area contributed by atoms with E-state index in [1.807, 2.05) is 20.8 Å². The summed E-state index contributed by atoms with van der Waals surface area (Å²) in [5.74, 6) is 2.40. The van der Waals surface area contributed by atoms with E-state index in [0.717, 1.165) is 0 Å². The van der Waals surface area contributed by atoms with E-state index in [1.54, 1.807) is 23.1 Å². The number of ether oxygens (including phenoxy) is 4. The number of piperidine rings is 1. The number of amides is 1. The molecule has 10 heteroatoms. The lowest BCUT2D eigenvalue weighted by Crippen LogP contribution is -2.45. The van der Waals surface area contributed by atoms with Crippen LogP contribution in [0, 0.1) is 12.3 Å². The van der Waals surface area contributed by atoms with Gasteiger partial charge in [-0.05, 0) is 57.7 Å². The summed E-state index contributed by atoms with van der Waals surface area (Å²) in [6.07, 6.45) is 6.33. The topological polar surface area (TPSA) is 123 Å². The Morgan fingerprint density at radius 3 is 2.76 bits per heavy atom. The lowest BCUT2D eigenvalue weighted by atomic mass is 9.92. The number of esters is 1. The van der Waals surface area contributed by atoms with Gasteiger partial charge in [-0.15, -0.1) is 6.42 Å². The van der Waals surface area contributed by atoms with E-state index in [4.69, 9.17) is 30.9 Å². The summed E-state index contributed by atoms with van der Waals surface area (Å²) >= 11 is 0. The number of hydrogen-bond acceptors (Lipinski definition) is 7. The van der Waals surface area contributed by atoms with Gasteiger partial charge in [0.25, 0.3) is 0 Å². The largest absolute Gasteiger partial charge is 0.493 e. The van der Waals surface area contributed by atoms with E-state index < -0.39 is 23.7 Å². The number of hydrogen-bond donors (Lipinski definition) is 0. The van der Waals surface area contributed by atoms with Gasteiger partial charge < -0.3 is 23.8 Å². The Kier molecular flexibility index (Phi) is 10.0. The van der Waals surface area contributed by atoms with Crippen molar-refractivity contribution in [1.29, 1.82) is 0 Å². The van der Waals surface area contributed by atoms with E-state index in [1.165, 1.54) is 7.11 Å². The highest BCUT2D eigenvalue weighted by molar-refractivity contribution is 5.90. The monoisotopic (exact) mass is 472 g/mol. The second-order valence-electron chi connectivity index (χ2n) is 8.75. The van der Waals surface area contributed by atoms with Gasteiger partial charge >= 0.3 is 12.1 Å². The molecule has 2 rings (SSSR count). The molecule has 0 unspecified atom stereocenters. The van der Waals surface area contributed by atoms with Gasteiger partial charge in [0.05, 0.1) is 31.4 Å². The summed E-state index contributed by atoms with van der Waals surface area (Å²) in [6.45, 7) is 6.55. The average Bonchev–Trinajstić information content (AvgIpc) is 2.80. The third kappa shape index (κ3) is 7.87. The van der Waals surface area contributed by atoms with Crippen molar-refractivity contribution >= 4 is 12.1 Å². The predicted octanol–water partition coefficient (Wildman–Crippen LogP) is 4.64. The van der Waals surface area contributed by atoms with Crippen LogP contribution in [0.1, 0.15) is 62.0 Å². The van der Waals surface area contributed by atoms with Gasteiger partial charge in [0.2, 0.25) is 0 Å². The van der Waals surface area contributed by atoms with E-state index in [2.05, 4.69) is 15.9 Å². The molecule has 0 aliphatic carbocycles. The Labute approximate surface area is 200 Å². The number of nitrogens with zero attached hydrogens (tertiary/aromatic N) is 4. The summed E-state index contributed by atoms with van der Waals surface area (Å²) in [4.78, 5) is 29.6. The van der Waals surface area contributed by atoms with E-state index in [-0.39, 0.29) is 25.9 Å². The van der Waals surface area contributed by atoms with Crippen LogP contribution in [0.25, 0.3) is 10.4 Å². The van der Waals surface area contributed by atoms with E-state index in [9.17, 15) is 9.59 Å². The molecule has 1 aromatic rings. The van der Waals surface area contributed by atoms with Gasteiger partial charge in [-0.1, -0.05) is 17.1 Å². The molecule has 0 spiro atoms. The predicted molar refractivity (Wildman–Crippen MR) is 125 cm³/mol. The zero-order valence-electron chi connectivity index (χ0n) is 20.2. The van der Waals surface area contributed by atoms with Crippen LogP contribution in [0.2, 0.25) is 0 Å². The molecule has 0 aromatic heterocycles. The molecule has 10 nitrogen and oxygen atoms in total. The normalized spacial score (nSPS) is 17.8. The summed E-state index contributed by atoms with van der Waals surface area (Å²) < 4.78 is 22.2. The van der Waals surface area contributed by atoms with E-state index >= 15 is 0 Å². The maximum absolute atomic E-state index is 13.1. The minimum Gasteiger partial charge on any atom is -0.493 e. The molecule has 1 aromatic carbocycles. The Bertz CT molecular complexity index is 946. The molecule has 1 saturated heterocycles. The van der Waals surface area contributed by atoms with Crippen LogP contribution < -0.4 is 4.74 Å². The first-order chi connectivity index (χ1) is 16.2. The van der Waals surface area contributed by atoms with Gasteiger partial charge in [-0.2, -0.15) is 0 Å². The molecular weight excluding hydrogens is 440 g/mol. The zero-order chi connectivity index (χ0) is 25.1. The lowest BCUT2D eigenvalue weighted by Gasteiger charge is -2.40. The van der Waals surface area contributed by atoms with Crippen LogP contribution in [-0.4, -0.2) is 62.1 Å². The Balaban J connectivity index is 2.41. The van der Waals surface area contributed by atoms with Crippen molar-refractivity contribution in [2.45, 2.75) is 57.8 Å². The number of carbonyl (C=O) groups excluding carboxylic acids is 2. The fourth-order valence-corrected chi connectivity index (χ4v) is 3.63. The zero-order valence-corrected chi connectivity index (χ0v) is 20.2. The van der Waals surface area contributed by atoms with Crippen molar-refractivity contribution in [3.05, 3.63) is 39.8 Å². The van der Waals surface area contributed by atoms with Crippen LogP contribution in [0.3, 0.4) is 0 Å². The SMILES string of the molecule is C#CCO[C@H]1CCN(C(=O)OC(C)(C)C)[C@H](c2ccc(C(=O)OC)cc2OCCCN=[N+]=[N-])C1. The highest BCUT2D eigenvalue weighted by atomic mass is 16.6. The van der Waals surface area contributed by atoms with Crippen LogP contribution in [0.15, 0.2) is 23.3 Å². The molecule has 1 aliphatic heterocycles. The highest BCUT2D eigenvalue weighted by Gasteiger charge is 2.37. The highest BCUT2D eigenvalue weighted by Crippen LogP contribution is 2.38. The van der Waals surface area contributed by atoms with Crippen molar-refractivity contribution in [2.75, 3.05) is 33.4 Å². The number of methoxy groups -OCH3 is 1. The standard InChI is InChI=1S/C24H32N4O6/c1-6-13-32-18-10-12-28(23(30)34-24(2,3)4)20(16-18)19-9-8-17(22(29)31-5)15-21(19)33-14-7-11-26-27-25/h1,8-9,15,18,20H,7,10-14,16H2,2-5H3/t18-,20-/m0/s1. The Hall–Kier alpha value is -3.41. The Morgan fingerprint density at radius 1 is 1.35 bits per heavy atom. The molecule has 0 radical (unpaired) electrons. The van der Waals surface area contributed by atoms with Gasteiger partial charge in [0, 0.05) is 23.6 Å². The first-order valence-corrected chi connectivity index (χ1v) is 11.1. The molecule has 2 atom stereocenters. The average molecular weight is 473 g/mol. The molecule has 0 bridgehead atoms. The number of terminal acetylenes is 1. The molecule has 0 saturated carbocycles. The van der Waals surface area contributed by atoms with Crippen LogP contribution in [0.4, 0.5) is 4.79 Å². The maximum atomic E-state index is 13.1. The lowest BCUT2D eigenvalue weighted by molar-refractivity contribution is -0.0248. The quantitative estimate of drug-likeness (QED) is 0.129. The smallest absolute Gasteiger partial charge is 0.410 e. The van der Waals surface area contributed by atoms with Crippen molar-refractivity contribution < 1.29 is 28.5 Å². The molecule has 1 heterocycles. The number of rotatable bonds is 9. The summed E-state index contributed by atoms with van der Waals surface area (Å²) in [5.41, 5.74) is 8.82. The minimum atomic E-state index is -0.659. The van der Waals surface area contributed by atoms with Crippen molar-refractivity contribution in [3.63, 3.8) is 0 Å². The first-order valence-electron chi connectivity index (χ1n) is 11.1. The third-order valence-electron chi connectivity index (χ3n) is 5.10. The molecule has 34 heavy (non-hydrogen) atoms. The summed E-state index contributed by atoms with van der Waals surface area (Å²) in [5, 5.41) is 3.51. The van der Waals surface area contributed by atoms with E-state index in [0.29, 0.717) is 42.7 Å². The Morgan fingerprint density at radius 2 is 2.12 bits per heavy atom. The molecule has 1 aliphatic rings. The molecule has 184 valence electrons. The van der Waals surface area contributed by atoms with Crippen LogP contribution in [0.5, 0.6) is 5.75 Å². The number of likely N-dealkylation sites (tertiary alicyclic amines) is 1. The number of carbonyl (C=O) groups is 2. The number of benzene rings is 1. The molecular formula is C24H32N4O6. The van der Waals surface area contributed by atoms with Gasteiger partial charge in [0.1, 0.15) is 18.0 Å². The summed E-state index contributed by atoms with van der Waals surface area (Å²) in [6, 6.07) is 4.55. The van der Waals surface area contributed by atoms with Crippen molar-refractivity contribution in [2.24, 2.45) is 5.11 Å². The van der Waals surface area contributed by atoms with Crippen LogP contribution >= 0.6 is 0 Å². The minimum absolute atomic E-state index is 0.155. The number of azide groups is 1. The fraction of sp³-hybridized carbons (Fsp3) is 0.583.